The predicted octanol–water partition coefficient (Wildman–Crippen LogP) is 1.95. The third kappa shape index (κ3) is 5.89. The van der Waals surface area contributed by atoms with E-state index in [1.807, 2.05) is 31.2 Å². The first kappa shape index (κ1) is 20.5. The van der Waals surface area contributed by atoms with Crippen molar-refractivity contribution in [3.63, 3.8) is 0 Å². The van der Waals surface area contributed by atoms with E-state index in [1.54, 1.807) is 18.2 Å². The normalized spacial score (nSPS) is 10.6. The number of carbonyl (C=O) groups is 1. The Morgan fingerprint density at radius 1 is 1.20 bits per heavy atom. The summed E-state index contributed by atoms with van der Waals surface area (Å²) in [5.41, 5.74) is 4.54. The molecule has 0 saturated carbocycles. The Balaban J connectivity index is 1.58. The molecule has 0 unspecified atom stereocenters. The first-order chi connectivity index (χ1) is 14.5. The second kappa shape index (κ2) is 9.82. The van der Waals surface area contributed by atoms with Gasteiger partial charge in [0.1, 0.15) is 0 Å². The summed E-state index contributed by atoms with van der Waals surface area (Å²) in [4.78, 5) is 26.8. The summed E-state index contributed by atoms with van der Waals surface area (Å²) >= 11 is 0. The van der Waals surface area contributed by atoms with Crippen molar-refractivity contribution >= 4 is 23.6 Å². The van der Waals surface area contributed by atoms with Gasteiger partial charge in [-0.3, -0.25) is 10.2 Å². The molecule has 1 heterocycles. The Kier molecular flexibility index (Phi) is 6.72. The molecular formula is C20H20N6O4. The molecule has 0 spiro atoms. The van der Waals surface area contributed by atoms with E-state index >= 15 is 0 Å². The molecule has 10 nitrogen and oxygen atoms in total. The van der Waals surface area contributed by atoms with Crippen molar-refractivity contribution in [3.05, 3.63) is 70.3 Å². The molecule has 3 rings (SSSR count). The van der Waals surface area contributed by atoms with Crippen molar-refractivity contribution in [1.82, 2.24) is 15.2 Å². The zero-order chi connectivity index (χ0) is 21.3. The van der Waals surface area contributed by atoms with Gasteiger partial charge in [-0.15, -0.1) is 0 Å². The molecule has 0 aliphatic heterocycles. The van der Waals surface area contributed by atoms with Crippen LogP contribution in [0.2, 0.25) is 0 Å². The number of benzene rings is 2. The van der Waals surface area contributed by atoms with Crippen LogP contribution in [0.4, 0.5) is 11.5 Å². The van der Waals surface area contributed by atoms with E-state index in [-0.39, 0.29) is 18.3 Å². The lowest BCUT2D eigenvalue weighted by atomic mass is 10.2. The number of nitrogens with one attached hydrogen (secondary N) is 3. The second-order valence-electron chi connectivity index (χ2n) is 6.16. The monoisotopic (exact) mass is 408 g/mol. The summed E-state index contributed by atoms with van der Waals surface area (Å²) in [6, 6.07) is 12.6. The summed E-state index contributed by atoms with van der Waals surface area (Å²) in [5.74, 6) is 0.788. The average Bonchev–Trinajstić information content (AvgIpc) is 2.74. The van der Waals surface area contributed by atoms with Crippen molar-refractivity contribution in [3.8, 4) is 11.5 Å². The van der Waals surface area contributed by atoms with Crippen molar-refractivity contribution in [2.24, 2.45) is 5.10 Å². The van der Waals surface area contributed by atoms with E-state index in [0.29, 0.717) is 22.7 Å². The minimum absolute atomic E-state index is 0.166. The van der Waals surface area contributed by atoms with E-state index < -0.39 is 5.69 Å². The molecule has 30 heavy (non-hydrogen) atoms. The van der Waals surface area contributed by atoms with Crippen LogP contribution in [0.15, 0.2) is 58.6 Å². The summed E-state index contributed by atoms with van der Waals surface area (Å²) < 4.78 is 10.9. The smallest absolute Gasteiger partial charge is 0.363 e. The number of methoxy groups -OCH3 is 1. The van der Waals surface area contributed by atoms with Crippen LogP contribution in [0.5, 0.6) is 11.5 Å². The largest absolute Gasteiger partial charge is 0.493 e. The molecule has 0 aliphatic rings. The SMILES string of the molecule is COc1cc(/C=N/Nc2cn[nH]c(=O)n2)ccc1OCC(=O)Nc1ccc(C)cc1. The maximum Gasteiger partial charge on any atom is 0.363 e. The van der Waals surface area contributed by atoms with Crippen LogP contribution in [0.3, 0.4) is 0 Å². The number of hydrazone groups is 1. The lowest BCUT2D eigenvalue weighted by molar-refractivity contribution is -0.118. The lowest BCUT2D eigenvalue weighted by Crippen LogP contribution is -2.20. The van der Waals surface area contributed by atoms with E-state index in [0.717, 1.165) is 5.56 Å². The number of carbonyl (C=O) groups excluding carboxylic acids is 1. The van der Waals surface area contributed by atoms with Gasteiger partial charge >= 0.3 is 5.69 Å². The molecule has 10 heteroatoms. The molecular weight excluding hydrogens is 388 g/mol. The van der Waals surface area contributed by atoms with Crippen LogP contribution >= 0.6 is 0 Å². The van der Waals surface area contributed by atoms with Crippen LogP contribution < -0.4 is 25.9 Å². The number of aromatic nitrogens is 3. The Labute approximate surface area is 172 Å². The minimum Gasteiger partial charge on any atom is -0.493 e. The topological polar surface area (TPSA) is 131 Å². The molecule has 0 atom stereocenters. The lowest BCUT2D eigenvalue weighted by Gasteiger charge is -2.11. The molecule has 2 aromatic carbocycles. The highest BCUT2D eigenvalue weighted by Gasteiger charge is 2.09. The Morgan fingerprint density at radius 3 is 2.73 bits per heavy atom. The van der Waals surface area contributed by atoms with E-state index in [4.69, 9.17) is 9.47 Å². The van der Waals surface area contributed by atoms with Crippen LogP contribution in [-0.2, 0) is 4.79 Å². The number of rotatable bonds is 8. The van der Waals surface area contributed by atoms with Crippen LogP contribution in [0.25, 0.3) is 0 Å². The number of H-pyrrole nitrogens is 1. The molecule has 0 radical (unpaired) electrons. The third-order valence-corrected chi connectivity index (χ3v) is 3.84. The molecule has 1 aromatic heterocycles. The molecule has 0 bridgehead atoms. The molecule has 154 valence electrons. The van der Waals surface area contributed by atoms with Crippen LogP contribution in [0.1, 0.15) is 11.1 Å². The van der Waals surface area contributed by atoms with E-state index in [9.17, 15) is 9.59 Å². The minimum atomic E-state index is -0.579. The first-order valence-electron chi connectivity index (χ1n) is 8.91. The Hall–Kier alpha value is -4.21. The maximum absolute atomic E-state index is 12.1. The summed E-state index contributed by atoms with van der Waals surface area (Å²) in [5, 5.41) is 12.5. The van der Waals surface area contributed by atoms with E-state index in [1.165, 1.54) is 19.5 Å². The van der Waals surface area contributed by atoms with E-state index in [2.05, 4.69) is 31.0 Å². The Bertz CT molecular complexity index is 1090. The molecule has 0 saturated heterocycles. The number of aromatic amines is 1. The summed E-state index contributed by atoms with van der Waals surface area (Å²) in [6.45, 7) is 1.81. The van der Waals surface area contributed by atoms with Gasteiger partial charge < -0.3 is 14.8 Å². The van der Waals surface area contributed by atoms with Gasteiger partial charge in [0.25, 0.3) is 5.91 Å². The van der Waals surface area contributed by atoms with Crippen molar-refractivity contribution in [2.45, 2.75) is 6.92 Å². The average molecular weight is 408 g/mol. The van der Waals surface area contributed by atoms with Crippen LogP contribution in [0, 0.1) is 6.92 Å². The number of aryl methyl sites for hydroxylation is 1. The van der Waals surface area contributed by atoms with Gasteiger partial charge in [-0.25, -0.2) is 9.89 Å². The fraction of sp³-hybridized carbons (Fsp3) is 0.150. The third-order valence-electron chi connectivity index (χ3n) is 3.84. The maximum atomic E-state index is 12.1. The number of amides is 1. The highest BCUT2D eigenvalue weighted by Crippen LogP contribution is 2.27. The Morgan fingerprint density at radius 2 is 2.00 bits per heavy atom. The zero-order valence-corrected chi connectivity index (χ0v) is 16.4. The highest BCUT2D eigenvalue weighted by molar-refractivity contribution is 5.92. The molecule has 3 aromatic rings. The van der Waals surface area contributed by atoms with Crippen LogP contribution in [-0.4, -0.2) is 41.0 Å². The van der Waals surface area contributed by atoms with Gasteiger partial charge in [-0.2, -0.15) is 15.2 Å². The number of hydrogen-bond acceptors (Lipinski definition) is 8. The van der Waals surface area contributed by atoms with Crippen molar-refractivity contribution in [1.29, 1.82) is 0 Å². The van der Waals surface area contributed by atoms with Gasteiger partial charge in [0.2, 0.25) is 0 Å². The van der Waals surface area contributed by atoms with Gasteiger partial charge in [-0.05, 0) is 42.8 Å². The molecule has 0 fully saturated rings. The fourth-order valence-electron chi connectivity index (χ4n) is 2.40. The molecule has 1 amide bonds. The number of nitrogens with zero attached hydrogens (tertiary/aromatic N) is 3. The number of ether oxygens (including phenoxy) is 2. The summed E-state index contributed by atoms with van der Waals surface area (Å²) in [6.07, 6.45) is 2.84. The van der Waals surface area contributed by atoms with Crippen molar-refractivity contribution in [2.75, 3.05) is 24.5 Å². The fourth-order valence-corrected chi connectivity index (χ4v) is 2.40. The highest BCUT2D eigenvalue weighted by atomic mass is 16.5. The second-order valence-corrected chi connectivity index (χ2v) is 6.16. The quantitative estimate of drug-likeness (QED) is 0.383. The number of hydrogen-bond donors (Lipinski definition) is 3. The number of anilines is 2. The standard InChI is InChI=1S/C20H20N6O4/c1-13-3-6-15(7-4-13)23-19(27)12-30-16-8-5-14(9-17(16)29-2)10-21-25-18-11-22-26-20(28)24-18/h3-11H,12H2,1-2H3,(H,23,27)(H2,24,25,26,28)/b21-10+. The molecule has 3 N–H and O–H groups in total. The predicted molar refractivity (Wildman–Crippen MR) is 112 cm³/mol. The zero-order valence-electron chi connectivity index (χ0n) is 16.4. The van der Waals surface area contributed by atoms with Gasteiger partial charge in [-0.1, -0.05) is 17.7 Å². The van der Waals surface area contributed by atoms with Gasteiger partial charge in [0.05, 0.1) is 19.5 Å². The summed E-state index contributed by atoms with van der Waals surface area (Å²) in [7, 11) is 1.50. The van der Waals surface area contributed by atoms with Crippen molar-refractivity contribution < 1.29 is 14.3 Å². The molecule has 0 aliphatic carbocycles. The van der Waals surface area contributed by atoms with Gasteiger partial charge in [0, 0.05) is 5.69 Å². The van der Waals surface area contributed by atoms with Gasteiger partial charge in [0.15, 0.2) is 23.9 Å². The first-order valence-corrected chi connectivity index (χ1v) is 8.91.